The fourth-order valence-electron chi connectivity index (χ4n) is 4.99. The Morgan fingerprint density at radius 1 is 1.08 bits per heavy atom. The van der Waals surface area contributed by atoms with Gasteiger partial charge in [-0.1, -0.05) is 30.3 Å². The van der Waals surface area contributed by atoms with Gasteiger partial charge in [0.1, 0.15) is 12.1 Å². The highest BCUT2D eigenvalue weighted by Gasteiger charge is 2.38. The van der Waals surface area contributed by atoms with E-state index in [1.165, 1.54) is 11.8 Å². The lowest BCUT2D eigenvalue weighted by atomic mass is 10.0. The molecule has 2 fully saturated rings. The Hall–Kier alpha value is -2.99. The molecule has 37 heavy (non-hydrogen) atoms. The maximum absolute atomic E-state index is 13.3. The summed E-state index contributed by atoms with van der Waals surface area (Å²) in [6.07, 6.45) is 1.91. The highest BCUT2D eigenvalue weighted by Crippen LogP contribution is 2.21. The minimum atomic E-state index is -3.96. The summed E-state index contributed by atoms with van der Waals surface area (Å²) in [5.41, 5.74) is 0.540. The zero-order valence-corrected chi connectivity index (χ0v) is 22.2. The average molecular weight is 537 g/mol. The summed E-state index contributed by atoms with van der Waals surface area (Å²) in [6.45, 7) is 2.85. The molecule has 3 rings (SSSR count). The number of sulfonamides is 1. The van der Waals surface area contributed by atoms with Gasteiger partial charge in [-0.05, 0) is 37.7 Å². The van der Waals surface area contributed by atoms with E-state index in [1.807, 2.05) is 0 Å². The Bertz CT molecular complexity index is 1090. The Morgan fingerprint density at radius 3 is 2.32 bits per heavy atom. The molecule has 3 amide bonds. The number of likely N-dealkylation sites (tertiary alicyclic amines) is 2. The molecule has 2 unspecified atom stereocenters. The fourth-order valence-corrected chi connectivity index (χ4v) is 6.35. The molecule has 0 bridgehead atoms. The summed E-state index contributed by atoms with van der Waals surface area (Å²) in [4.78, 5) is 54.1. The quantitative estimate of drug-likeness (QED) is 0.450. The van der Waals surface area contributed by atoms with Crippen LogP contribution in [0.2, 0.25) is 0 Å². The van der Waals surface area contributed by atoms with Crippen molar-refractivity contribution in [1.82, 2.24) is 19.4 Å². The highest BCUT2D eigenvalue weighted by molar-refractivity contribution is 7.88. The van der Waals surface area contributed by atoms with E-state index in [2.05, 4.69) is 4.72 Å². The second-order valence-electron chi connectivity index (χ2n) is 9.72. The predicted molar refractivity (Wildman–Crippen MR) is 136 cm³/mol. The van der Waals surface area contributed by atoms with Crippen LogP contribution in [0.1, 0.15) is 51.0 Å². The number of carbonyl (C=O) groups excluding carboxylic acids is 3. The first-order valence-corrected chi connectivity index (χ1v) is 14.2. The normalized spacial score (nSPS) is 19.5. The van der Waals surface area contributed by atoms with Gasteiger partial charge in [0.25, 0.3) is 0 Å². The van der Waals surface area contributed by atoms with Crippen molar-refractivity contribution in [2.75, 3.05) is 26.7 Å². The number of carboxylic acids is 1. The lowest BCUT2D eigenvalue weighted by molar-refractivity contribution is -0.149. The van der Waals surface area contributed by atoms with Crippen molar-refractivity contribution < 1.29 is 32.7 Å². The average Bonchev–Trinajstić information content (AvgIpc) is 3.36. The maximum atomic E-state index is 13.3. The zero-order chi connectivity index (χ0) is 27.2. The van der Waals surface area contributed by atoms with Gasteiger partial charge >= 0.3 is 5.97 Å². The molecule has 12 heteroatoms. The van der Waals surface area contributed by atoms with Crippen molar-refractivity contribution in [1.29, 1.82) is 0 Å². The first-order valence-electron chi connectivity index (χ1n) is 12.6. The molecular formula is C25H36N4O7S. The summed E-state index contributed by atoms with van der Waals surface area (Å²) in [6, 6.07) is 6.18. The van der Waals surface area contributed by atoms with Gasteiger partial charge in [0.15, 0.2) is 0 Å². The number of piperidine rings is 1. The number of carboxylic acid groups (broad SMARTS) is 1. The van der Waals surface area contributed by atoms with Crippen LogP contribution in [-0.4, -0.2) is 96.7 Å². The molecule has 0 radical (unpaired) electrons. The third kappa shape index (κ3) is 7.75. The molecule has 11 nitrogen and oxygen atoms in total. The standard InChI is InChI=1S/C25H36N4O7S/c1-18(30)28-15-12-20(13-16-28)27(2)23(31)11-10-21(24(32)29-14-6-9-22(29)25(33)34)26-37(35,36)17-19-7-4-3-5-8-19/h3-5,7-8,20-22,26H,6,9-17H2,1-2H3,(H,33,34). The number of nitrogens with one attached hydrogen (secondary N) is 1. The van der Waals surface area contributed by atoms with Gasteiger partial charge in [-0.2, -0.15) is 0 Å². The van der Waals surface area contributed by atoms with Crippen LogP contribution >= 0.6 is 0 Å². The minimum Gasteiger partial charge on any atom is -0.480 e. The van der Waals surface area contributed by atoms with Crippen LogP contribution in [-0.2, 0) is 35.0 Å². The van der Waals surface area contributed by atoms with Gasteiger partial charge < -0.3 is 19.8 Å². The van der Waals surface area contributed by atoms with Crippen molar-refractivity contribution in [2.45, 2.75) is 69.3 Å². The van der Waals surface area contributed by atoms with E-state index in [0.717, 1.165) is 0 Å². The summed E-state index contributed by atoms with van der Waals surface area (Å²) in [5.74, 6) is -2.35. The number of benzene rings is 1. The largest absolute Gasteiger partial charge is 0.480 e. The number of carbonyl (C=O) groups is 4. The monoisotopic (exact) mass is 536 g/mol. The van der Waals surface area contributed by atoms with E-state index < -0.39 is 34.0 Å². The van der Waals surface area contributed by atoms with Gasteiger partial charge in [-0.15, -0.1) is 0 Å². The van der Waals surface area contributed by atoms with Crippen molar-refractivity contribution in [3.63, 3.8) is 0 Å². The maximum Gasteiger partial charge on any atom is 0.326 e. The SMILES string of the molecule is CC(=O)N1CCC(N(C)C(=O)CCC(NS(=O)(=O)Cc2ccccc2)C(=O)N2CCCC2C(=O)O)CC1. The lowest BCUT2D eigenvalue weighted by Gasteiger charge is -2.36. The van der Waals surface area contributed by atoms with Crippen molar-refractivity contribution in [3.8, 4) is 0 Å². The number of aliphatic carboxylic acids is 1. The second-order valence-corrected chi connectivity index (χ2v) is 11.5. The molecule has 2 atom stereocenters. The van der Waals surface area contributed by atoms with Crippen molar-refractivity contribution in [3.05, 3.63) is 35.9 Å². The molecule has 0 saturated carbocycles. The van der Waals surface area contributed by atoms with Gasteiger partial charge in [0, 0.05) is 46.1 Å². The van der Waals surface area contributed by atoms with Gasteiger partial charge in [0.2, 0.25) is 27.7 Å². The Kier molecular flexibility index (Phi) is 9.66. The molecule has 0 aromatic heterocycles. The van der Waals surface area contributed by atoms with Crippen LogP contribution in [0, 0.1) is 0 Å². The molecule has 2 aliphatic rings. The number of rotatable bonds is 10. The molecule has 2 saturated heterocycles. The van der Waals surface area contributed by atoms with Crippen LogP contribution in [0.5, 0.6) is 0 Å². The molecule has 1 aromatic rings. The number of hydrogen-bond donors (Lipinski definition) is 2. The smallest absolute Gasteiger partial charge is 0.326 e. The zero-order valence-electron chi connectivity index (χ0n) is 21.3. The summed E-state index contributed by atoms with van der Waals surface area (Å²) in [5, 5.41) is 9.51. The van der Waals surface area contributed by atoms with E-state index in [9.17, 15) is 32.7 Å². The van der Waals surface area contributed by atoms with Crippen LogP contribution in [0.3, 0.4) is 0 Å². The number of nitrogens with zero attached hydrogens (tertiary/aromatic N) is 3. The topological polar surface area (TPSA) is 144 Å². The number of hydrogen-bond acceptors (Lipinski definition) is 6. The molecule has 2 aliphatic heterocycles. The molecule has 0 spiro atoms. The summed E-state index contributed by atoms with van der Waals surface area (Å²) in [7, 11) is -2.28. The van der Waals surface area contributed by atoms with E-state index in [1.54, 1.807) is 47.2 Å². The number of amides is 3. The lowest BCUT2D eigenvalue weighted by Crippen LogP contribution is -2.52. The van der Waals surface area contributed by atoms with Crippen molar-refractivity contribution in [2.24, 2.45) is 0 Å². The van der Waals surface area contributed by atoms with E-state index >= 15 is 0 Å². The Balaban J connectivity index is 1.69. The third-order valence-corrected chi connectivity index (χ3v) is 8.50. The molecule has 204 valence electrons. The van der Waals surface area contributed by atoms with E-state index in [4.69, 9.17) is 0 Å². The minimum absolute atomic E-state index is 0.00171. The summed E-state index contributed by atoms with van der Waals surface area (Å²) < 4.78 is 28.3. The fraction of sp³-hybridized carbons (Fsp3) is 0.600. The van der Waals surface area contributed by atoms with Crippen molar-refractivity contribution >= 4 is 33.7 Å². The molecule has 0 aliphatic carbocycles. The molecular weight excluding hydrogens is 500 g/mol. The van der Waals surface area contributed by atoms with Gasteiger partial charge in [-0.25, -0.2) is 17.9 Å². The van der Waals surface area contributed by atoms with Gasteiger partial charge in [-0.3, -0.25) is 14.4 Å². The van der Waals surface area contributed by atoms with Crippen LogP contribution in [0.15, 0.2) is 30.3 Å². The first kappa shape index (κ1) is 28.6. The van der Waals surface area contributed by atoms with E-state index in [0.29, 0.717) is 44.3 Å². The second kappa shape index (κ2) is 12.5. The molecule has 2 heterocycles. The van der Waals surface area contributed by atoms with Crippen LogP contribution < -0.4 is 4.72 Å². The predicted octanol–water partition coefficient (Wildman–Crippen LogP) is 0.800. The highest BCUT2D eigenvalue weighted by atomic mass is 32.2. The van der Waals surface area contributed by atoms with Gasteiger partial charge in [0.05, 0.1) is 5.75 Å². The Morgan fingerprint density at radius 2 is 1.73 bits per heavy atom. The van der Waals surface area contributed by atoms with Crippen LogP contribution in [0.4, 0.5) is 0 Å². The third-order valence-electron chi connectivity index (χ3n) is 7.14. The van der Waals surface area contributed by atoms with Crippen LogP contribution in [0.25, 0.3) is 0 Å². The molecule has 1 aromatic carbocycles. The Labute approximate surface area is 217 Å². The summed E-state index contributed by atoms with van der Waals surface area (Å²) >= 11 is 0. The molecule has 2 N–H and O–H groups in total. The first-order chi connectivity index (χ1) is 17.5. The van der Waals surface area contributed by atoms with E-state index in [-0.39, 0.29) is 43.0 Å².